The maximum atomic E-state index is 11.9. The molecule has 2 amide bonds. The highest BCUT2D eigenvalue weighted by molar-refractivity contribution is 5.96. The van der Waals surface area contributed by atoms with E-state index in [1.807, 2.05) is 44.2 Å². The maximum absolute atomic E-state index is 11.9. The second kappa shape index (κ2) is 14.5. The molecular formula is C33H38N4O8. The Hall–Kier alpha value is -5.26. The van der Waals surface area contributed by atoms with E-state index in [0.717, 1.165) is 47.2 Å². The Morgan fingerprint density at radius 3 is 1.62 bits per heavy atom. The molecule has 0 aliphatic carbocycles. The minimum atomic E-state index is -1.12. The van der Waals surface area contributed by atoms with Crippen LogP contribution < -0.4 is 9.80 Å². The molecule has 2 aliphatic heterocycles. The van der Waals surface area contributed by atoms with Gasteiger partial charge in [-0.1, -0.05) is 28.7 Å². The Labute approximate surface area is 261 Å². The lowest BCUT2D eigenvalue weighted by molar-refractivity contribution is -0.119. The summed E-state index contributed by atoms with van der Waals surface area (Å²) in [6.45, 7) is 5.08. The van der Waals surface area contributed by atoms with E-state index in [0.29, 0.717) is 37.4 Å². The van der Waals surface area contributed by atoms with E-state index in [9.17, 15) is 19.2 Å². The number of hydrogen-bond donors (Lipinski definition) is 1. The van der Waals surface area contributed by atoms with Crippen molar-refractivity contribution in [3.8, 4) is 22.9 Å². The highest BCUT2D eigenvalue weighted by atomic mass is 16.5. The van der Waals surface area contributed by atoms with Gasteiger partial charge in [0.1, 0.15) is 12.5 Å². The van der Waals surface area contributed by atoms with Crippen LogP contribution in [-0.4, -0.2) is 59.0 Å². The molecule has 2 aromatic heterocycles. The van der Waals surface area contributed by atoms with Crippen LogP contribution in [0.3, 0.4) is 0 Å². The van der Waals surface area contributed by atoms with Crippen molar-refractivity contribution in [2.24, 2.45) is 0 Å². The van der Waals surface area contributed by atoms with Gasteiger partial charge >= 0.3 is 11.9 Å². The number of benzene rings is 2. The van der Waals surface area contributed by atoms with Crippen LogP contribution in [0.2, 0.25) is 0 Å². The van der Waals surface area contributed by atoms with E-state index >= 15 is 0 Å². The topological polar surface area (TPSA) is 156 Å². The average Bonchev–Trinajstić information content (AvgIpc) is 3.84. The first-order chi connectivity index (χ1) is 20.7. The van der Waals surface area contributed by atoms with E-state index < -0.39 is 11.9 Å². The van der Waals surface area contributed by atoms with E-state index in [1.165, 1.54) is 13.4 Å². The SMILES string of the molecule is C.C.CCC(=O)N1CCc2cc(-c3nc(C(=O)O)co3)ccc21.CCC(=O)N1CCc2cc(-c3nc(C(=O)OC)co3)ccc21. The number of ether oxygens (including phenoxy) is 1. The zero-order valence-corrected chi connectivity index (χ0v) is 24.0. The van der Waals surface area contributed by atoms with Crippen LogP contribution in [0.15, 0.2) is 57.8 Å². The van der Waals surface area contributed by atoms with Gasteiger partial charge in [0.15, 0.2) is 11.4 Å². The van der Waals surface area contributed by atoms with Gasteiger partial charge in [-0.3, -0.25) is 9.59 Å². The summed E-state index contributed by atoms with van der Waals surface area (Å²) in [5.74, 6) is -0.790. The summed E-state index contributed by atoms with van der Waals surface area (Å²) in [6, 6.07) is 11.2. The largest absolute Gasteiger partial charge is 0.476 e. The Kier molecular flexibility index (Phi) is 11.0. The second-order valence-electron chi connectivity index (χ2n) is 9.86. The van der Waals surface area contributed by atoms with E-state index in [2.05, 4.69) is 14.7 Å². The number of carboxylic acids is 1. The predicted octanol–water partition coefficient (Wildman–Crippen LogP) is 6.04. The first-order valence-corrected chi connectivity index (χ1v) is 13.8. The van der Waals surface area contributed by atoms with Crippen molar-refractivity contribution in [2.75, 3.05) is 30.0 Å². The molecule has 0 saturated heterocycles. The maximum Gasteiger partial charge on any atom is 0.360 e. The van der Waals surface area contributed by atoms with Gasteiger partial charge < -0.3 is 28.5 Å². The predicted molar refractivity (Wildman–Crippen MR) is 168 cm³/mol. The van der Waals surface area contributed by atoms with Gasteiger partial charge in [0.25, 0.3) is 0 Å². The monoisotopic (exact) mass is 618 g/mol. The fourth-order valence-corrected chi connectivity index (χ4v) is 5.08. The van der Waals surface area contributed by atoms with E-state index in [4.69, 9.17) is 13.9 Å². The number of methoxy groups -OCH3 is 1. The van der Waals surface area contributed by atoms with Crippen molar-refractivity contribution in [1.82, 2.24) is 9.97 Å². The molecule has 4 heterocycles. The summed E-state index contributed by atoms with van der Waals surface area (Å²) in [6.07, 6.45) is 4.95. The fourth-order valence-electron chi connectivity index (χ4n) is 5.08. The minimum absolute atomic E-state index is 0. The molecule has 12 nitrogen and oxygen atoms in total. The Morgan fingerprint density at radius 1 is 0.778 bits per heavy atom. The number of esters is 1. The molecule has 2 aliphatic rings. The number of oxazole rings is 2. The highest BCUT2D eigenvalue weighted by Gasteiger charge is 2.26. The van der Waals surface area contributed by atoms with E-state index in [-0.39, 0.29) is 43.9 Å². The zero-order valence-electron chi connectivity index (χ0n) is 24.0. The molecule has 6 rings (SSSR count). The lowest BCUT2D eigenvalue weighted by Gasteiger charge is -2.16. The third kappa shape index (κ3) is 6.95. The summed E-state index contributed by atoms with van der Waals surface area (Å²) in [5.41, 5.74) is 5.49. The van der Waals surface area contributed by atoms with Crippen molar-refractivity contribution in [3.05, 3.63) is 71.4 Å². The van der Waals surface area contributed by atoms with Crippen LogP contribution >= 0.6 is 0 Å². The van der Waals surface area contributed by atoms with Gasteiger partial charge in [-0.15, -0.1) is 0 Å². The molecule has 1 N–H and O–H groups in total. The number of carbonyl (C=O) groups excluding carboxylic acids is 3. The molecule has 0 bridgehead atoms. The van der Waals surface area contributed by atoms with Crippen molar-refractivity contribution in [3.63, 3.8) is 0 Å². The Bertz CT molecular complexity index is 1710. The minimum Gasteiger partial charge on any atom is -0.476 e. The molecule has 0 atom stereocenters. The number of rotatable bonds is 6. The molecule has 0 unspecified atom stereocenters. The van der Waals surface area contributed by atoms with Crippen molar-refractivity contribution < 1.29 is 37.9 Å². The molecule has 238 valence electrons. The number of aromatic carboxylic acids is 1. The third-order valence-electron chi connectivity index (χ3n) is 7.27. The quantitative estimate of drug-likeness (QED) is 0.253. The van der Waals surface area contributed by atoms with Gasteiger partial charge in [-0.25, -0.2) is 19.6 Å². The van der Waals surface area contributed by atoms with Crippen molar-refractivity contribution >= 4 is 35.1 Å². The number of carboxylic acid groups (broad SMARTS) is 1. The van der Waals surface area contributed by atoms with Crippen LogP contribution in [0.5, 0.6) is 0 Å². The summed E-state index contributed by atoms with van der Waals surface area (Å²) >= 11 is 0. The second-order valence-corrected chi connectivity index (χ2v) is 9.86. The standard InChI is InChI=1S/C16H16N2O4.C15H14N2O4.2CH4/c1-3-14(19)18-7-6-10-8-11(4-5-13(10)18)15-17-12(9-22-15)16(20)21-2;1-2-13(18)17-6-5-9-7-10(3-4-12(9)17)14-16-11(8-21-14)15(19)20;;/h4-5,8-9H,3,6-7H2,1-2H3;3-4,7-8H,2,5-6H2,1H3,(H,19,20);2*1H4. The summed E-state index contributed by atoms with van der Waals surface area (Å²) in [5, 5.41) is 8.86. The summed E-state index contributed by atoms with van der Waals surface area (Å²) in [7, 11) is 1.30. The number of carbonyl (C=O) groups is 4. The fraction of sp³-hybridized carbons (Fsp3) is 0.333. The van der Waals surface area contributed by atoms with Crippen LogP contribution in [0.25, 0.3) is 22.9 Å². The van der Waals surface area contributed by atoms with Gasteiger partial charge in [-0.05, 0) is 60.4 Å². The molecule has 45 heavy (non-hydrogen) atoms. The molecule has 0 spiro atoms. The van der Waals surface area contributed by atoms with Gasteiger partial charge in [0, 0.05) is 48.4 Å². The molecule has 0 saturated carbocycles. The molecular weight excluding hydrogens is 580 g/mol. The van der Waals surface area contributed by atoms with Gasteiger partial charge in [0.05, 0.1) is 7.11 Å². The van der Waals surface area contributed by atoms with Crippen LogP contribution in [0.1, 0.15) is 73.6 Å². The number of amides is 2. The van der Waals surface area contributed by atoms with Crippen molar-refractivity contribution in [2.45, 2.75) is 54.4 Å². The number of aromatic nitrogens is 2. The number of anilines is 2. The molecule has 2 aromatic carbocycles. The first-order valence-electron chi connectivity index (χ1n) is 13.8. The number of nitrogens with zero attached hydrogens (tertiary/aromatic N) is 4. The molecule has 0 fully saturated rings. The zero-order chi connectivity index (χ0) is 30.7. The van der Waals surface area contributed by atoms with Crippen LogP contribution in [0, 0.1) is 0 Å². The number of hydrogen-bond acceptors (Lipinski definition) is 9. The summed E-state index contributed by atoms with van der Waals surface area (Å²) in [4.78, 5) is 57.6. The summed E-state index contributed by atoms with van der Waals surface area (Å²) < 4.78 is 15.1. The molecule has 4 aromatic rings. The third-order valence-corrected chi connectivity index (χ3v) is 7.27. The normalized spacial score (nSPS) is 12.6. The Morgan fingerprint density at radius 2 is 1.22 bits per heavy atom. The Balaban J connectivity index is 0.000000235. The lowest BCUT2D eigenvalue weighted by atomic mass is 10.1. The van der Waals surface area contributed by atoms with E-state index in [1.54, 1.807) is 15.9 Å². The van der Waals surface area contributed by atoms with Crippen LogP contribution in [0.4, 0.5) is 11.4 Å². The highest BCUT2D eigenvalue weighted by Crippen LogP contribution is 2.34. The first kappa shape index (κ1) is 34.2. The van der Waals surface area contributed by atoms with Gasteiger partial charge in [0.2, 0.25) is 23.6 Å². The van der Waals surface area contributed by atoms with Gasteiger partial charge in [-0.2, -0.15) is 0 Å². The molecule has 0 radical (unpaired) electrons. The molecule has 12 heteroatoms. The average molecular weight is 619 g/mol. The number of fused-ring (bicyclic) bond motifs is 2. The smallest absolute Gasteiger partial charge is 0.360 e. The van der Waals surface area contributed by atoms with Crippen molar-refractivity contribution in [1.29, 1.82) is 0 Å². The van der Waals surface area contributed by atoms with Crippen LogP contribution in [-0.2, 0) is 27.2 Å². The lowest BCUT2D eigenvalue weighted by Crippen LogP contribution is -2.27.